The molecule has 1 aliphatic rings. The van der Waals surface area contributed by atoms with Gasteiger partial charge in [-0.05, 0) is 54.9 Å². The lowest BCUT2D eigenvalue weighted by Crippen LogP contribution is -2.31. The average Bonchev–Trinajstić information content (AvgIpc) is 2.65. The quantitative estimate of drug-likeness (QED) is 0.660. The second-order valence-corrected chi connectivity index (χ2v) is 9.48. The Labute approximate surface area is 176 Å². The lowest BCUT2D eigenvalue weighted by Gasteiger charge is -2.33. The van der Waals surface area contributed by atoms with Crippen LogP contribution >= 0.6 is 23.2 Å². The Balaban J connectivity index is 1.93. The number of fused-ring (bicyclic) bond motifs is 1. The molecule has 1 N–H and O–H groups in total. The largest absolute Gasteiger partial charge is 0.380 e. The Hall–Kier alpha value is -1.15. The summed E-state index contributed by atoms with van der Waals surface area (Å²) < 4.78 is 33.0. The number of hydrogen-bond donors (Lipinski definition) is 1. The molecule has 0 bridgehead atoms. The third kappa shape index (κ3) is 4.87. The van der Waals surface area contributed by atoms with E-state index in [1.165, 1.54) is 0 Å². The van der Waals surface area contributed by atoms with Crippen LogP contribution in [-0.4, -0.2) is 46.7 Å². The molecule has 0 fully saturated rings. The number of likely N-dealkylation sites (N-methyl/N-ethyl adjacent to an activating group) is 1. The molecular formula is C20H24Cl2N2O3S. The van der Waals surface area contributed by atoms with Crippen LogP contribution in [0.2, 0.25) is 10.0 Å². The smallest absolute Gasteiger partial charge is 0.240 e. The van der Waals surface area contributed by atoms with E-state index in [-0.39, 0.29) is 17.4 Å². The van der Waals surface area contributed by atoms with Gasteiger partial charge in [0.25, 0.3) is 0 Å². The van der Waals surface area contributed by atoms with Crippen LogP contribution in [0.4, 0.5) is 0 Å². The maximum absolute atomic E-state index is 12.6. The minimum Gasteiger partial charge on any atom is -0.380 e. The van der Waals surface area contributed by atoms with Gasteiger partial charge >= 0.3 is 0 Å². The number of hydrogen-bond acceptors (Lipinski definition) is 4. The minimum absolute atomic E-state index is 0.0106. The van der Waals surface area contributed by atoms with Crippen molar-refractivity contribution in [1.82, 2.24) is 9.62 Å². The van der Waals surface area contributed by atoms with Crippen molar-refractivity contribution in [2.45, 2.75) is 24.3 Å². The van der Waals surface area contributed by atoms with E-state index in [9.17, 15) is 8.42 Å². The van der Waals surface area contributed by atoms with Crippen LogP contribution in [0.3, 0.4) is 0 Å². The number of nitrogens with one attached hydrogen (secondary N) is 1. The topological polar surface area (TPSA) is 58.6 Å². The molecule has 0 radical (unpaired) electrons. The van der Waals surface area contributed by atoms with E-state index in [4.69, 9.17) is 27.9 Å². The monoisotopic (exact) mass is 442 g/mol. The molecular weight excluding hydrogens is 419 g/mol. The molecule has 0 saturated carbocycles. The fraction of sp³-hybridized carbons (Fsp3) is 0.400. The minimum atomic E-state index is -3.60. The van der Waals surface area contributed by atoms with Crippen molar-refractivity contribution in [3.63, 3.8) is 0 Å². The summed E-state index contributed by atoms with van der Waals surface area (Å²) in [7, 11) is -1.58. The first-order valence-corrected chi connectivity index (χ1v) is 11.4. The normalized spacial score (nSPS) is 17.5. The highest BCUT2D eigenvalue weighted by Gasteiger charge is 2.28. The molecule has 0 aliphatic carbocycles. The molecule has 8 heteroatoms. The van der Waals surface area contributed by atoms with E-state index in [1.54, 1.807) is 24.3 Å². The average molecular weight is 443 g/mol. The molecule has 1 atom stereocenters. The molecule has 0 aromatic heterocycles. The predicted octanol–water partition coefficient (Wildman–Crippen LogP) is 3.89. The first kappa shape index (κ1) is 21.6. The van der Waals surface area contributed by atoms with Crippen molar-refractivity contribution in [1.29, 1.82) is 0 Å². The molecule has 2 aromatic carbocycles. The summed E-state index contributed by atoms with van der Waals surface area (Å²) >= 11 is 12.7. The summed E-state index contributed by atoms with van der Waals surface area (Å²) in [5.41, 5.74) is 3.00. The van der Waals surface area contributed by atoms with Crippen LogP contribution in [0.25, 0.3) is 0 Å². The van der Waals surface area contributed by atoms with Crippen molar-refractivity contribution < 1.29 is 13.2 Å². The summed E-state index contributed by atoms with van der Waals surface area (Å²) in [4.78, 5) is 2.42. The van der Waals surface area contributed by atoms with Gasteiger partial charge in [-0.25, -0.2) is 13.1 Å². The van der Waals surface area contributed by atoms with Crippen molar-refractivity contribution in [2.24, 2.45) is 0 Å². The second-order valence-electron chi connectivity index (χ2n) is 6.87. The van der Waals surface area contributed by atoms with Crippen molar-refractivity contribution in [3.05, 3.63) is 63.1 Å². The zero-order chi connectivity index (χ0) is 20.3. The molecule has 0 saturated heterocycles. The molecule has 2 aromatic rings. The lowest BCUT2D eigenvalue weighted by atomic mass is 9.85. The Kier molecular flexibility index (Phi) is 7.02. The van der Waals surface area contributed by atoms with E-state index < -0.39 is 10.0 Å². The summed E-state index contributed by atoms with van der Waals surface area (Å²) in [5, 5.41) is 1.22. The molecule has 3 rings (SSSR count). The standard InChI is InChI=1S/C20H24Cl2N2O3S/c1-3-27-8-7-23-28(25,26)16-6-4-5-14(9-16)18-12-24(2)13-19-17(18)10-15(21)11-20(19)22/h4-6,9-11,18,23H,3,7-8,12-13H2,1-2H3. The number of sulfonamides is 1. The maximum atomic E-state index is 12.6. The van der Waals surface area contributed by atoms with Crippen molar-refractivity contribution in [3.8, 4) is 0 Å². The maximum Gasteiger partial charge on any atom is 0.240 e. The van der Waals surface area contributed by atoms with Gasteiger partial charge in [-0.1, -0.05) is 35.3 Å². The molecule has 28 heavy (non-hydrogen) atoms. The Bertz CT molecular complexity index is 950. The number of nitrogens with zero attached hydrogens (tertiary/aromatic N) is 1. The van der Waals surface area contributed by atoms with E-state index >= 15 is 0 Å². The van der Waals surface area contributed by atoms with E-state index in [0.29, 0.717) is 23.3 Å². The Morgan fingerprint density at radius 2 is 2.04 bits per heavy atom. The summed E-state index contributed by atoms with van der Waals surface area (Å²) in [6, 6.07) is 10.7. The fourth-order valence-corrected chi connectivity index (χ4v) is 5.14. The van der Waals surface area contributed by atoms with Gasteiger partial charge in [-0.2, -0.15) is 0 Å². The summed E-state index contributed by atoms with van der Waals surface area (Å²) in [5.74, 6) is -0.0106. The number of ether oxygens (including phenoxy) is 1. The highest BCUT2D eigenvalue weighted by molar-refractivity contribution is 7.89. The van der Waals surface area contributed by atoms with Crippen LogP contribution in [0.15, 0.2) is 41.3 Å². The Morgan fingerprint density at radius 3 is 2.79 bits per heavy atom. The van der Waals surface area contributed by atoms with Gasteiger partial charge in [0.05, 0.1) is 11.5 Å². The number of benzene rings is 2. The second kappa shape index (κ2) is 9.11. The van der Waals surface area contributed by atoms with E-state index in [0.717, 1.165) is 29.8 Å². The first-order chi connectivity index (χ1) is 13.3. The Morgan fingerprint density at radius 1 is 1.25 bits per heavy atom. The van der Waals surface area contributed by atoms with Gasteiger partial charge in [0.15, 0.2) is 0 Å². The van der Waals surface area contributed by atoms with Crippen LogP contribution in [-0.2, 0) is 21.3 Å². The third-order valence-electron chi connectivity index (χ3n) is 4.81. The fourth-order valence-electron chi connectivity index (χ4n) is 3.50. The molecule has 1 aliphatic heterocycles. The van der Waals surface area contributed by atoms with Crippen LogP contribution in [0, 0.1) is 0 Å². The molecule has 5 nitrogen and oxygen atoms in total. The number of rotatable bonds is 7. The highest BCUT2D eigenvalue weighted by atomic mass is 35.5. The molecule has 0 amide bonds. The zero-order valence-corrected chi connectivity index (χ0v) is 18.2. The van der Waals surface area contributed by atoms with Gasteiger partial charge in [0.1, 0.15) is 0 Å². The van der Waals surface area contributed by atoms with Crippen LogP contribution in [0.1, 0.15) is 29.5 Å². The van der Waals surface area contributed by atoms with Gasteiger partial charge in [0.2, 0.25) is 10.0 Å². The van der Waals surface area contributed by atoms with Gasteiger partial charge < -0.3 is 9.64 Å². The number of halogens is 2. The van der Waals surface area contributed by atoms with Gasteiger partial charge in [0, 0.05) is 42.2 Å². The molecule has 152 valence electrons. The molecule has 1 heterocycles. The van der Waals surface area contributed by atoms with Gasteiger partial charge in [-0.3, -0.25) is 0 Å². The molecule has 1 unspecified atom stereocenters. The zero-order valence-electron chi connectivity index (χ0n) is 15.9. The summed E-state index contributed by atoms with van der Waals surface area (Å²) in [6.07, 6.45) is 0. The predicted molar refractivity (Wildman–Crippen MR) is 113 cm³/mol. The van der Waals surface area contributed by atoms with Crippen LogP contribution in [0.5, 0.6) is 0 Å². The summed E-state index contributed by atoms with van der Waals surface area (Å²) in [6.45, 7) is 4.49. The van der Waals surface area contributed by atoms with Crippen LogP contribution < -0.4 is 4.72 Å². The van der Waals surface area contributed by atoms with Gasteiger partial charge in [-0.15, -0.1) is 0 Å². The van der Waals surface area contributed by atoms with Crippen molar-refractivity contribution in [2.75, 3.05) is 33.4 Å². The lowest BCUT2D eigenvalue weighted by molar-refractivity contribution is 0.153. The third-order valence-corrected chi connectivity index (χ3v) is 6.82. The highest BCUT2D eigenvalue weighted by Crippen LogP contribution is 2.38. The van der Waals surface area contributed by atoms with Crippen molar-refractivity contribution >= 4 is 33.2 Å². The van der Waals surface area contributed by atoms with E-state index in [1.807, 2.05) is 26.1 Å². The first-order valence-electron chi connectivity index (χ1n) is 9.15. The van der Waals surface area contributed by atoms with E-state index in [2.05, 4.69) is 9.62 Å². The SMILES string of the molecule is CCOCCNS(=O)(=O)c1cccc(C2CN(C)Cc3c(Cl)cc(Cl)cc32)c1. The molecule has 0 spiro atoms.